The number of rotatable bonds is 16. The molecule has 2 unspecified atom stereocenters. The maximum Gasteiger partial charge on any atom is 0.269 e. The lowest BCUT2D eigenvalue weighted by atomic mass is 10.1. The van der Waals surface area contributed by atoms with Crippen LogP contribution in [0, 0.1) is 0 Å². The molecule has 3 rings (SSSR count). The summed E-state index contributed by atoms with van der Waals surface area (Å²) in [4.78, 5) is 0. The molecule has 0 aliphatic heterocycles. The lowest BCUT2D eigenvalue weighted by Gasteiger charge is -2.15. The average molecular weight is 471 g/mol. The van der Waals surface area contributed by atoms with Crippen molar-refractivity contribution in [1.82, 2.24) is 0 Å². The number of fused-ring (bicyclic) bond motifs is 3. The number of hydrogen-bond acceptors (Lipinski definition) is 2. The molecule has 2 aromatic rings. The Kier molecular flexibility index (Phi) is 10.3. The summed E-state index contributed by atoms with van der Waals surface area (Å²) >= 11 is 0. The first-order valence-corrected chi connectivity index (χ1v) is 13.5. The van der Waals surface area contributed by atoms with Crippen molar-refractivity contribution >= 4 is 29.9 Å². The van der Waals surface area contributed by atoms with Crippen LogP contribution in [-0.2, 0) is 15.3 Å². The monoisotopic (exact) mass is 470 g/mol. The minimum absolute atomic E-state index is 0.212. The van der Waals surface area contributed by atoms with Gasteiger partial charge in [0.25, 0.3) is 19.5 Å². The zero-order valence-corrected chi connectivity index (χ0v) is 21.5. The molecular weight excluding hydrogens is 436 g/mol. The van der Waals surface area contributed by atoms with E-state index in [1.165, 1.54) is 32.6 Å². The minimum Gasteiger partial charge on any atom is -0.408 e. The Balaban J connectivity index is 1.61. The van der Waals surface area contributed by atoms with E-state index in [0.29, 0.717) is 19.5 Å². The van der Waals surface area contributed by atoms with Gasteiger partial charge in [0.05, 0.1) is 0 Å². The molecule has 0 bridgehead atoms. The zero-order valence-electron chi connectivity index (χ0n) is 19.5. The molecule has 0 amide bonds. The predicted octanol–water partition coefficient (Wildman–Crippen LogP) is 5.60. The molecular formula is C29H34O2Si2. The van der Waals surface area contributed by atoms with Crippen molar-refractivity contribution in [3.63, 3.8) is 0 Å². The summed E-state index contributed by atoms with van der Waals surface area (Å²) in [5.74, 6) is 0. The van der Waals surface area contributed by atoms with E-state index in [1.54, 1.807) is 0 Å². The number of hydrogen-bond donors (Lipinski definition) is 0. The largest absolute Gasteiger partial charge is 0.408 e. The molecule has 0 saturated heterocycles. The SMILES string of the molecule is C=CCCC(CC=C)O[Si]c1ccc2c(c1)Cc1cc([Si]OC(CC=C)CCC=C)ccc1-2. The van der Waals surface area contributed by atoms with Crippen molar-refractivity contribution in [3.8, 4) is 11.1 Å². The number of benzene rings is 2. The normalized spacial score (nSPS) is 13.6. The Labute approximate surface area is 205 Å². The third-order valence-electron chi connectivity index (χ3n) is 5.81. The van der Waals surface area contributed by atoms with Crippen LogP contribution < -0.4 is 10.4 Å². The molecule has 0 aromatic heterocycles. The fourth-order valence-corrected chi connectivity index (χ4v) is 5.87. The minimum atomic E-state index is 0.212. The molecule has 33 heavy (non-hydrogen) atoms. The van der Waals surface area contributed by atoms with E-state index in [1.807, 2.05) is 24.3 Å². The highest BCUT2D eigenvalue weighted by molar-refractivity contribution is 6.47. The first kappa shape index (κ1) is 25.4. The average Bonchev–Trinajstić information content (AvgIpc) is 3.19. The molecule has 0 N–H and O–H groups in total. The topological polar surface area (TPSA) is 18.5 Å². The fourth-order valence-electron chi connectivity index (χ4n) is 4.07. The van der Waals surface area contributed by atoms with Crippen molar-refractivity contribution < 1.29 is 8.85 Å². The van der Waals surface area contributed by atoms with Crippen molar-refractivity contribution in [2.24, 2.45) is 0 Å². The van der Waals surface area contributed by atoms with E-state index in [-0.39, 0.29) is 12.2 Å². The molecule has 1 aliphatic carbocycles. The summed E-state index contributed by atoms with van der Waals surface area (Å²) in [7, 11) is 0.709. The van der Waals surface area contributed by atoms with Gasteiger partial charge in [0.1, 0.15) is 0 Å². The van der Waals surface area contributed by atoms with Crippen LogP contribution in [0.3, 0.4) is 0 Å². The predicted molar refractivity (Wildman–Crippen MR) is 144 cm³/mol. The number of allylic oxidation sites excluding steroid dienone is 2. The molecule has 0 heterocycles. The lowest BCUT2D eigenvalue weighted by molar-refractivity contribution is 0.209. The lowest BCUT2D eigenvalue weighted by Crippen LogP contribution is -2.24. The van der Waals surface area contributed by atoms with Crippen LogP contribution in [0.25, 0.3) is 11.1 Å². The Bertz CT molecular complexity index is 889. The van der Waals surface area contributed by atoms with Crippen LogP contribution in [0.4, 0.5) is 0 Å². The van der Waals surface area contributed by atoms with Crippen LogP contribution in [0.15, 0.2) is 87.0 Å². The summed E-state index contributed by atoms with van der Waals surface area (Å²) < 4.78 is 12.4. The molecule has 0 saturated carbocycles. The molecule has 2 nitrogen and oxygen atoms in total. The van der Waals surface area contributed by atoms with E-state index in [4.69, 9.17) is 8.85 Å². The summed E-state index contributed by atoms with van der Waals surface area (Å²) in [6.45, 7) is 15.4. The van der Waals surface area contributed by atoms with Gasteiger partial charge in [0, 0.05) is 12.2 Å². The maximum absolute atomic E-state index is 6.21. The van der Waals surface area contributed by atoms with Crippen LogP contribution in [0.2, 0.25) is 0 Å². The second kappa shape index (κ2) is 13.5. The highest BCUT2D eigenvalue weighted by atomic mass is 28.2. The second-order valence-electron chi connectivity index (χ2n) is 8.39. The highest BCUT2D eigenvalue weighted by Gasteiger charge is 2.20. The summed E-state index contributed by atoms with van der Waals surface area (Å²) in [5.41, 5.74) is 5.47. The summed E-state index contributed by atoms with van der Waals surface area (Å²) in [6.07, 6.45) is 14.9. The van der Waals surface area contributed by atoms with Crippen molar-refractivity contribution in [1.29, 1.82) is 0 Å². The van der Waals surface area contributed by atoms with Crippen LogP contribution in [0.1, 0.15) is 49.7 Å². The standard InChI is InChI=1S/C29H34O2Si2/c1-5-9-13-24(11-7-3)30-32-26-15-17-28-22(20-26)19-23-21-27(16-18-29(23)28)33-31-25(12-8-4)14-10-6-2/h5-8,15-18,20-21,24-25H,1-4,9-14,19H2. The van der Waals surface area contributed by atoms with Gasteiger partial charge in [-0.15, -0.1) is 26.3 Å². The van der Waals surface area contributed by atoms with Crippen LogP contribution >= 0.6 is 0 Å². The van der Waals surface area contributed by atoms with Crippen LogP contribution in [-0.4, -0.2) is 31.7 Å². The maximum atomic E-state index is 6.21. The Morgan fingerprint density at radius 1 is 0.697 bits per heavy atom. The van der Waals surface area contributed by atoms with Crippen molar-refractivity contribution in [3.05, 3.63) is 98.1 Å². The first-order valence-electron chi connectivity index (χ1n) is 11.7. The van der Waals surface area contributed by atoms with E-state index >= 15 is 0 Å². The third-order valence-corrected chi connectivity index (χ3v) is 7.81. The van der Waals surface area contributed by atoms with E-state index < -0.39 is 0 Å². The van der Waals surface area contributed by atoms with Gasteiger partial charge in [-0.1, -0.05) is 60.7 Å². The van der Waals surface area contributed by atoms with Crippen molar-refractivity contribution in [2.45, 2.75) is 57.2 Å². The molecule has 4 heteroatoms. The second-order valence-corrected chi connectivity index (χ2v) is 10.4. The summed E-state index contributed by atoms with van der Waals surface area (Å²) in [5, 5.41) is 2.52. The summed E-state index contributed by atoms with van der Waals surface area (Å²) in [6, 6.07) is 13.6. The molecule has 1 aliphatic rings. The molecule has 170 valence electrons. The molecule has 0 fully saturated rings. The quantitative estimate of drug-likeness (QED) is 0.200. The Hall–Kier alpha value is -2.25. The van der Waals surface area contributed by atoms with Crippen molar-refractivity contribution in [2.75, 3.05) is 0 Å². The van der Waals surface area contributed by atoms with Gasteiger partial charge in [-0.2, -0.15) is 0 Å². The van der Waals surface area contributed by atoms with Gasteiger partial charge in [-0.25, -0.2) is 0 Å². The van der Waals surface area contributed by atoms with Gasteiger partial charge in [-0.05, 0) is 77.6 Å². The van der Waals surface area contributed by atoms with E-state index in [9.17, 15) is 0 Å². The molecule has 0 spiro atoms. The molecule has 4 radical (unpaired) electrons. The Morgan fingerprint density at radius 2 is 1.15 bits per heavy atom. The molecule has 2 atom stereocenters. The van der Waals surface area contributed by atoms with Gasteiger partial charge in [0.2, 0.25) is 0 Å². The first-order chi connectivity index (χ1) is 16.2. The van der Waals surface area contributed by atoms with Gasteiger partial charge in [-0.3, -0.25) is 0 Å². The van der Waals surface area contributed by atoms with E-state index in [2.05, 4.69) is 62.7 Å². The van der Waals surface area contributed by atoms with Crippen LogP contribution in [0.5, 0.6) is 0 Å². The zero-order chi connectivity index (χ0) is 23.5. The van der Waals surface area contributed by atoms with Gasteiger partial charge < -0.3 is 8.85 Å². The Morgan fingerprint density at radius 3 is 1.55 bits per heavy atom. The van der Waals surface area contributed by atoms with Gasteiger partial charge >= 0.3 is 0 Å². The molecule has 2 aromatic carbocycles. The smallest absolute Gasteiger partial charge is 0.269 e. The van der Waals surface area contributed by atoms with Gasteiger partial charge in [0.15, 0.2) is 0 Å². The highest BCUT2D eigenvalue weighted by Crippen LogP contribution is 2.35. The fraction of sp³-hybridized carbons (Fsp3) is 0.310. The third kappa shape index (κ3) is 7.37. The van der Waals surface area contributed by atoms with E-state index in [0.717, 1.165) is 44.9 Å².